The van der Waals surface area contributed by atoms with Crippen LogP contribution in [0.2, 0.25) is 0 Å². The lowest BCUT2D eigenvalue weighted by Crippen LogP contribution is -2.39. The van der Waals surface area contributed by atoms with Crippen molar-refractivity contribution in [1.29, 1.82) is 0 Å². The molecule has 0 saturated carbocycles. The molecule has 0 aliphatic rings. The predicted octanol–water partition coefficient (Wildman–Crippen LogP) is 2.71. The fourth-order valence-electron chi connectivity index (χ4n) is 2.73. The molecule has 2 heterocycles. The predicted molar refractivity (Wildman–Crippen MR) is 114 cm³/mol. The summed E-state index contributed by atoms with van der Waals surface area (Å²) >= 11 is 0. The average Bonchev–Trinajstić information content (AvgIpc) is 3.27. The Morgan fingerprint density at radius 3 is 2.68 bits per heavy atom. The van der Waals surface area contributed by atoms with Crippen molar-refractivity contribution in [3.8, 4) is 0 Å². The molecule has 0 bridgehead atoms. The van der Waals surface area contributed by atoms with Crippen molar-refractivity contribution in [2.75, 3.05) is 20.1 Å². The molecule has 0 atom stereocenters. The Morgan fingerprint density at radius 2 is 1.88 bits per heavy atom. The van der Waals surface area contributed by atoms with E-state index in [9.17, 15) is 0 Å². The summed E-state index contributed by atoms with van der Waals surface area (Å²) in [4.78, 5) is 4.25. The van der Waals surface area contributed by atoms with E-state index in [1.54, 1.807) is 13.2 Å². The zero-order valence-corrected chi connectivity index (χ0v) is 16.8. The fourth-order valence-corrected chi connectivity index (χ4v) is 2.73. The van der Waals surface area contributed by atoms with Crippen LogP contribution in [0.15, 0.2) is 60.0 Å². The Morgan fingerprint density at radius 1 is 1.04 bits per heavy atom. The van der Waals surface area contributed by atoms with Crippen molar-refractivity contribution >= 4 is 40.8 Å². The summed E-state index contributed by atoms with van der Waals surface area (Å²) in [5.74, 6) is 0.833. The minimum Gasteiger partial charge on any atom is -0.356 e. The molecule has 0 unspecified atom stereocenters. The van der Waals surface area contributed by atoms with Gasteiger partial charge in [-0.3, -0.25) is 9.67 Å². The second-order valence-electron chi connectivity index (χ2n) is 5.62. The summed E-state index contributed by atoms with van der Waals surface area (Å²) in [5, 5.41) is 12.1. The summed E-state index contributed by atoms with van der Waals surface area (Å²) in [6, 6.07) is 12.6. The second-order valence-corrected chi connectivity index (χ2v) is 5.62. The highest BCUT2D eigenvalue weighted by Gasteiger charge is 2.01. The van der Waals surface area contributed by atoms with Crippen molar-refractivity contribution in [2.24, 2.45) is 4.99 Å². The third kappa shape index (κ3) is 5.48. The van der Waals surface area contributed by atoms with Crippen LogP contribution >= 0.6 is 24.0 Å². The van der Waals surface area contributed by atoms with Gasteiger partial charge in [-0.05, 0) is 30.0 Å². The first-order valence-corrected chi connectivity index (χ1v) is 8.32. The maximum absolute atomic E-state index is 4.25. The first-order valence-electron chi connectivity index (χ1n) is 8.32. The minimum atomic E-state index is 0. The van der Waals surface area contributed by atoms with Crippen LogP contribution in [0.1, 0.15) is 6.42 Å². The third-order valence-corrected chi connectivity index (χ3v) is 3.96. The summed E-state index contributed by atoms with van der Waals surface area (Å²) in [7, 11) is 1.79. The third-order valence-electron chi connectivity index (χ3n) is 3.96. The molecule has 2 N–H and O–H groups in total. The van der Waals surface area contributed by atoms with Gasteiger partial charge in [0.2, 0.25) is 0 Å². The number of nitrogens with zero attached hydrogens (tertiary/aromatic N) is 4. The molecular weight excluding hydrogens is 427 g/mol. The van der Waals surface area contributed by atoms with Gasteiger partial charge < -0.3 is 15.2 Å². The van der Waals surface area contributed by atoms with Crippen LogP contribution in [0.25, 0.3) is 10.9 Å². The van der Waals surface area contributed by atoms with Gasteiger partial charge in [-0.1, -0.05) is 18.2 Å². The van der Waals surface area contributed by atoms with E-state index in [2.05, 4.69) is 61.8 Å². The Bertz CT molecular complexity index is 778. The van der Waals surface area contributed by atoms with Gasteiger partial charge in [-0.2, -0.15) is 5.10 Å². The molecule has 0 aliphatic carbocycles. The highest BCUT2D eigenvalue weighted by Crippen LogP contribution is 2.15. The van der Waals surface area contributed by atoms with Crippen LogP contribution in [0, 0.1) is 0 Å². The number of rotatable bonds is 7. The van der Waals surface area contributed by atoms with Crippen LogP contribution in [0.5, 0.6) is 0 Å². The van der Waals surface area contributed by atoms with Gasteiger partial charge >= 0.3 is 0 Å². The maximum atomic E-state index is 4.25. The average molecular weight is 452 g/mol. The van der Waals surface area contributed by atoms with Crippen LogP contribution in [0.3, 0.4) is 0 Å². The number of halogens is 1. The summed E-state index contributed by atoms with van der Waals surface area (Å²) in [6.07, 6.45) is 6.94. The van der Waals surface area contributed by atoms with Crippen LogP contribution in [-0.4, -0.2) is 40.4 Å². The number of nitrogens with one attached hydrogen (secondary N) is 2. The SMILES string of the molecule is CN=C(NCCCn1ccc2ccccc21)NCCn1cccn1.I. The van der Waals surface area contributed by atoms with Gasteiger partial charge in [-0.15, -0.1) is 24.0 Å². The summed E-state index contributed by atoms with van der Waals surface area (Å²) < 4.78 is 4.20. The van der Waals surface area contributed by atoms with E-state index < -0.39 is 0 Å². The number of aliphatic imine (C=N–C) groups is 1. The van der Waals surface area contributed by atoms with Gasteiger partial charge in [0.05, 0.1) is 6.54 Å². The maximum Gasteiger partial charge on any atom is 0.191 e. The Balaban J connectivity index is 0.00000225. The minimum absolute atomic E-state index is 0. The normalized spacial score (nSPS) is 11.3. The molecule has 2 aromatic heterocycles. The van der Waals surface area contributed by atoms with E-state index in [1.807, 2.05) is 16.9 Å². The molecule has 134 valence electrons. The first kappa shape index (κ1) is 19.3. The van der Waals surface area contributed by atoms with Gasteiger partial charge in [-0.25, -0.2) is 0 Å². The Kier molecular flexibility index (Phi) is 7.77. The number of hydrogen-bond donors (Lipinski definition) is 2. The molecular formula is C18H25IN6. The molecule has 0 aliphatic heterocycles. The molecule has 0 saturated heterocycles. The van der Waals surface area contributed by atoms with Crippen molar-refractivity contribution in [3.05, 3.63) is 55.0 Å². The smallest absolute Gasteiger partial charge is 0.191 e. The number of fused-ring (bicyclic) bond motifs is 1. The number of benzene rings is 1. The first-order chi connectivity index (χ1) is 11.9. The molecule has 6 nitrogen and oxygen atoms in total. The zero-order chi connectivity index (χ0) is 16.6. The lowest BCUT2D eigenvalue weighted by Gasteiger charge is -2.12. The molecule has 0 fully saturated rings. The Labute approximate surface area is 165 Å². The van der Waals surface area contributed by atoms with Crippen molar-refractivity contribution in [2.45, 2.75) is 19.5 Å². The van der Waals surface area contributed by atoms with E-state index in [0.29, 0.717) is 0 Å². The van der Waals surface area contributed by atoms with E-state index >= 15 is 0 Å². The Hall–Kier alpha value is -2.03. The number of aryl methyl sites for hydroxylation is 1. The topological polar surface area (TPSA) is 59.2 Å². The van der Waals surface area contributed by atoms with Gasteiger partial charge in [0, 0.05) is 50.8 Å². The molecule has 3 rings (SSSR count). The van der Waals surface area contributed by atoms with E-state index in [-0.39, 0.29) is 24.0 Å². The quantitative estimate of drug-likeness (QED) is 0.251. The van der Waals surface area contributed by atoms with Gasteiger partial charge in [0.1, 0.15) is 0 Å². The molecule has 0 radical (unpaired) electrons. The number of para-hydroxylation sites is 1. The molecule has 0 amide bonds. The van der Waals surface area contributed by atoms with Crippen LogP contribution < -0.4 is 10.6 Å². The van der Waals surface area contributed by atoms with Crippen LogP contribution in [0.4, 0.5) is 0 Å². The van der Waals surface area contributed by atoms with Crippen molar-refractivity contribution in [1.82, 2.24) is 25.0 Å². The molecule has 25 heavy (non-hydrogen) atoms. The highest BCUT2D eigenvalue weighted by molar-refractivity contribution is 14.0. The van der Waals surface area contributed by atoms with Crippen molar-refractivity contribution in [3.63, 3.8) is 0 Å². The standard InChI is InChI=1S/C18H24N6.HI/c1-19-18(21-11-15-24-13-5-10-22-24)20-9-4-12-23-14-8-16-6-2-3-7-17(16)23;/h2-3,5-8,10,13-14H,4,9,11-12,15H2,1H3,(H2,19,20,21);1H. The highest BCUT2D eigenvalue weighted by atomic mass is 127. The lowest BCUT2D eigenvalue weighted by molar-refractivity contribution is 0.593. The van der Waals surface area contributed by atoms with E-state index in [4.69, 9.17) is 0 Å². The van der Waals surface area contributed by atoms with Crippen LogP contribution in [-0.2, 0) is 13.1 Å². The molecule has 3 aromatic rings. The lowest BCUT2D eigenvalue weighted by atomic mass is 10.2. The zero-order valence-electron chi connectivity index (χ0n) is 14.4. The van der Waals surface area contributed by atoms with Gasteiger partial charge in [0.15, 0.2) is 5.96 Å². The molecule has 0 spiro atoms. The summed E-state index contributed by atoms with van der Waals surface area (Å²) in [5.41, 5.74) is 1.29. The fraction of sp³-hybridized carbons (Fsp3) is 0.333. The van der Waals surface area contributed by atoms with Gasteiger partial charge in [0.25, 0.3) is 0 Å². The van der Waals surface area contributed by atoms with E-state index in [0.717, 1.165) is 38.6 Å². The number of aromatic nitrogens is 3. The second kappa shape index (κ2) is 10.1. The molecule has 1 aromatic carbocycles. The number of guanidine groups is 1. The van der Waals surface area contributed by atoms with E-state index in [1.165, 1.54) is 10.9 Å². The molecule has 7 heteroatoms. The summed E-state index contributed by atoms with van der Waals surface area (Å²) in [6.45, 7) is 3.49. The number of hydrogen-bond acceptors (Lipinski definition) is 2. The van der Waals surface area contributed by atoms with Crippen molar-refractivity contribution < 1.29 is 0 Å². The largest absolute Gasteiger partial charge is 0.356 e. The monoisotopic (exact) mass is 452 g/mol.